The molecule has 12 heteroatoms. The van der Waals surface area contributed by atoms with E-state index in [1.165, 1.54) is 30.2 Å². The minimum Gasteiger partial charge on any atom is -0.534 e. The van der Waals surface area contributed by atoms with Crippen LogP contribution in [0.15, 0.2) is 16.5 Å². The Labute approximate surface area is 157 Å². The summed E-state index contributed by atoms with van der Waals surface area (Å²) in [4.78, 5) is 11.5. The zero-order valence-corrected chi connectivity index (χ0v) is 15.4. The molecule has 0 saturated heterocycles. The third kappa shape index (κ3) is 3.87. The molecule has 1 aliphatic heterocycles. The Kier molecular flexibility index (Phi) is 5.86. The van der Waals surface area contributed by atoms with E-state index in [1.807, 2.05) is 0 Å². The van der Waals surface area contributed by atoms with Gasteiger partial charge in [-0.2, -0.15) is 0 Å². The topological polar surface area (TPSA) is 137 Å². The lowest BCUT2D eigenvalue weighted by Gasteiger charge is -2.27. The third-order valence-corrected chi connectivity index (χ3v) is 5.75. The van der Waals surface area contributed by atoms with Crippen molar-refractivity contribution in [3.05, 3.63) is 23.3 Å². The number of aromatic carboxylic acids is 1. The van der Waals surface area contributed by atoms with E-state index < -0.39 is 13.1 Å². The number of hydrogen-bond donors (Lipinski definition) is 3. The molecule has 0 bridgehead atoms. The lowest BCUT2D eigenvalue weighted by atomic mass is 9.77. The summed E-state index contributed by atoms with van der Waals surface area (Å²) >= 11 is 2.54. The number of carbonyl (C=O) groups is 1. The number of rotatable bonds is 7. The van der Waals surface area contributed by atoms with Crippen molar-refractivity contribution in [1.82, 2.24) is 10.2 Å². The normalized spacial score (nSPS) is 16.0. The van der Waals surface area contributed by atoms with E-state index in [9.17, 15) is 14.9 Å². The molecular weight excluding hydrogens is 381 g/mol. The van der Waals surface area contributed by atoms with Crippen LogP contribution in [0.25, 0.3) is 0 Å². The molecule has 1 aromatic carbocycles. The molecule has 2 aromatic rings. The summed E-state index contributed by atoms with van der Waals surface area (Å²) in [6, 6.07) is 3.31. The minimum absolute atomic E-state index is 0.0964. The van der Waals surface area contributed by atoms with Crippen molar-refractivity contribution >= 4 is 36.2 Å². The van der Waals surface area contributed by atoms with Crippen LogP contribution in [-0.2, 0) is 6.42 Å². The minimum atomic E-state index is -1.20. The fourth-order valence-corrected chi connectivity index (χ4v) is 4.48. The fourth-order valence-electron chi connectivity index (χ4n) is 2.47. The molecule has 0 spiro atoms. The second-order valence-electron chi connectivity index (χ2n) is 5.28. The molecule has 0 aliphatic carbocycles. The van der Waals surface area contributed by atoms with Crippen LogP contribution in [0.5, 0.6) is 16.7 Å². The number of thioether (sulfide) groups is 1. The Hall–Kier alpha value is -2.02. The van der Waals surface area contributed by atoms with Crippen molar-refractivity contribution in [3.63, 3.8) is 0 Å². The summed E-state index contributed by atoms with van der Waals surface area (Å²) in [6.45, 7) is 0.727. The van der Waals surface area contributed by atoms with Gasteiger partial charge in [-0.15, -0.1) is 5.10 Å². The molecule has 0 unspecified atom stereocenters. The average Bonchev–Trinajstić information content (AvgIpc) is 3.06. The number of fused-ring (bicyclic) bond motifs is 1. The zero-order valence-electron chi connectivity index (χ0n) is 13.7. The SMILES string of the molecule is COc1ccc2c(c1C(=O)O)OB(O)[C@@H](Sc1nnc(OCCN)s1)C2. The predicted octanol–water partition coefficient (Wildman–Crippen LogP) is 0.698. The first-order chi connectivity index (χ1) is 12.5. The van der Waals surface area contributed by atoms with Gasteiger partial charge in [0.1, 0.15) is 23.7 Å². The van der Waals surface area contributed by atoms with Gasteiger partial charge >= 0.3 is 13.1 Å². The van der Waals surface area contributed by atoms with Crippen molar-refractivity contribution in [1.29, 1.82) is 0 Å². The van der Waals surface area contributed by atoms with Gasteiger partial charge in [0.25, 0.3) is 5.19 Å². The van der Waals surface area contributed by atoms with E-state index in [1.54, 1.807) is 12.1 Å². The summed E-state index contributed by atoms with van der Waals surface area (Å²) in [5.41, 5.74) is 5.96. The van der Waals surface area contributed by atoms with Crippen molar-refractivity contribution in [3.8, 4) is 16.7 Å². The molecule has 1 aliphatic rings. The summed E-state index contributed by atoms with van der Waals surface area (Å²) < 4.78 is 16.5. The van der Waals surface area contributed by atoms with Gasteiger partial charge in [0.2, 0.25) is 0 Å². The zero-order chi connectivity index (χ0) is 18.7. The van der Waals surface area contributed by atoms with E-state index >= 15 is 0 Å². The maximum absolute atomic E-state index is 11.5. The second kappa shape index (κ2) is 8.12. The van der Waals surface area contributed by atoms with E-state index in [0.29, 0.717) is 34.7 Å². The summed E-state index contributed by atoms with van der Waals surface area (Å²) in [7, 11) is 0.182. The highest BCUT2D eigenvalue weighted by Crippen LogP contribution is 2.40. The van der Waals surface area contributed by atoms with E-state index in [-0.39, 0.29) is 22.2 Å². The van der Waals surface area contributed by atoms with E-state index in [4.69, 9.17) is 19.9 Å². The van der Waals surface area contributed by atoms with Gasteiger partial charge in [-0.1, -0.05) is 22.9 Å². The summed E-state index contributed by atoms with van der Waals surface area (Å²) in [5, 5.41) is 27.7. The number of aromatic nitrogens is 2. The Morgan fingerprint density at radius 1 is 1.54 bits per heavy atom. The molecule has 2 heterocycles. The number of methoxy groups -OCH3 is 1. The van der Waals surface area contributed by atoms with Gasteiger partial charge in [0, 0.05) is 6.54 Å². The van der Waals surface area contributed by atoms with Crippen LogP contribution < -0.4 is 19.9 Å². The van der Waals surface area contributed by atoms with Gasteiger partial charge < -0.3 is 30.0 Å². The summed E-state index contributed by atoms with van der Waals surface area (Å²) in [5.74, 6) is -0.867. The summed E-state index contributed by atoms with van der Waals surface area (Å²) in [6.07, 6.45) is 0.407. The van der Waals surface area contributed by atoms with Crippen LogP contribution in [0.1, 0.15) is 15.9 Å². The molecule has 9 nitrogen and oxygen atoms in total. The monoisotopic (exact) mass is 397 g/mol. The van der Waals surface area contributed by atoms with Crippen LogP contribution in [0.3, 0.4) is 0 Å². The highest BCUT2D eigenvalue weighted by Gasteiger charge is 2.39. The van der Waals surface area contributed by atoms with Gasteiger partial charge in [-0.05, 0) is 29.4 Å². The molecule has 138 valence electrons. The van der Waals surface area contributed by atoms with Crippen molar-refractivity contribution in [2.24, 2.45) is 5.73 Å². The molecule has 0 fully saturated rings. The molecule has 1 aromatic heterocycles. The second-order valence-corrected chi connectivity index (χ2v) is 7.70. The van der Waals surface area contributed by atoms with Gasteiger partial charge in [0.05, 0.1) is 12.3 Å². The van der Waals surface area contributed by atoms with Gasteiger partial charge in [-0.3, -0.25) is 0 Å². The largest absolute Gasteiger partial charge is 0.537 e. The Morgan fingerprint density at radius 3 is 3.04 bits per heavy atom. The number of nitrogens with zero attached hydrogens (tertiary/aromatic N) is 2. The maximum Gasteiger partial charge on any atom is 0.537 e. The molecule has 0 radical (unpaired) electrons. The van der Waals surface area contributed by atoms with Crippen LogP contribution in [0, 0.1) is 0 Å². The molecule has 0 amide bonds. The number of nitrogens with two attached hydrogens (primary N) is 1. The number of hydrogen-bond acceptors (Lipinski definition) is 10. The predicted molar refractivity (Wildman–Crippen MR) is 96.4 cm³/mol. The molecular formula is C14H16BN3O6S2. The highest BCUT2D eigenvalue weighted by molar-refractivity contribution is 8.02. The Morgan fingerprint density at radius 2 is 2.35 bits per heavy atom. The Balaban J connectivity index is 1.79. The number of ether oxygens (including phenoxy) is 2. The third-order valence-electron chi connectivity index (χ3n) is 3.60. The molecule has 3 rings (SSSR count). The van der Waals surface area contributed by atoms with Crippen molar-refractivity contribution in [2.45, 2.75) is 15.9 Å². The standard InChI is InChI=1S/C14H16BN3O6S2/c1-22-8-3-2-7-6-9(15(21)24-11(7)10(8)12(19)20)25-14-18-17-13(26-14)23-5-4-16/h2-3,9,21H,4-6,16H2,1H3,(H,19,20)/t9-/m0/s1. The fraction of sp³-hybridized carbons (Fsp3) is 0.357. The highest BCUT2D eigenvalue weighted by atomic mass is 32.2. The molecule has 4 N–H and O–H groups in total. The smallest absolute Gasteiger partial charge is 0.534 e. The first kappa shape index (κ1) is 18.8. The number of carboxylic acid groups (broad SMARTS) is 1. The van der Waals surface area contributed by atoms with Crippen LogP contribution in [-0.4, -0.2) is 58.8 Å². The first-order valence-corrected chi connectivity index (χ1v) is 9.34. The van der Waals surface area contributed by atoms with Crippen molar-refractivity contribution in [2.75, 3.05) is 20.3 Å². The quantitative estimate of drug-likeness (QED) is 0.573. The lowest BCUT2D eigenvalue weighted by molar-refractivity contribution is 0.0690. The first-order valence-electron chi connectivity index (χ1n) is 7.64. The van der Waals surface area contributed by atoms with Crippen LogP contribution in [0.4, 0.5) is 0 Å². The van der Waals surface area contributed by atoms with Gasteiger partial charge in [0.15, 0.2) is 4.34 Å². The van der Waals surface area contributed by atoms with Crippen molar-refractivity contribution < 1.29 is 29.1 Å². The average molecular weight is 397 g/mol. The van der Waals surface area contributed by atoms with E-state index in [2.05, 4.69) is 10.2 Å². The molecule has 0 saturated carbocycles. The molecule has 26 heavy (non-hydrogen) atoms. The maximum atomic E-state index is 11.5. The lowest BCUT2D eigenvalue weighted by Crippen LogP contribution is -2.40. The number of benzene rings is 1. The number of carboxylic acids is 1. The van der Waals surface area contributed by atoms with Gasteiger partial charge in [-0.25, -0.2) is 4.79 Å². The van der Waals surface area contributed by atoms with Crippen LogP contribution >= 0.6 is 23.1 Å². The van der Waals surface area contributed by atoms with E-state index in [0.717, 1.165) is 0 Å². The molecule has 1 atom stereocenters. The van der Waals surface area contributed by atoms with Crippen LogP contribution in [0.2, 0.25) is 0 Å². The Bertz CT molecular complexity index is 805.